The highest BCUT2D eigenvalue weighted by Crippen LogP contribution is 2.40. The van der Waals surface area contributed by atoms with Crippen molar-refractivity contribution in [3.63, 3.8) is 0 Å². The van der Waals surface area contributed by atoms with Crippen molar-refractivity contribution in [1.82, 2.24) is 19.5 Å². The quantitative estimate of drug-likeness (QED) is 0.173. The molecule has 3 aromatic heterocycles. The van der Waals surface area contributed by atoms with Crippen molar-refractivity contribution in [1.29, 1.82) is 0 Å². The largest absolute Gasteiger partial charge is 0.456 e. The fraction of sp³-hybridized carbons (Fsp3) is 0. The molecule has 0 saturated carbocycles. The first-order chi connectivity index (χ1) is 26.7. The summed E-state index contributed by atoms with van der Waals surface area (Å²) < 4.78 is 8.70. The van der Waals surface area contributed by atoms with E-state index < -0.39 is 0 Å². The zero-order valence-electron chi connectivity index (χ0n) is 28.9. The van der Waals surface area contributed by atoms with Gasteiger partial charge in [-0.2, -0.15) is 9.97 Å². The Hall–Kier alpha value is -7.37. The lowest BCUT2D eigenvalue weighted by molar-refractivity contribution is 0.669. The van der Waals surface area contributed by atoms with Gasteiger partial charge in [0.1, 0.15) is 11.2 Å². The van der Waals surface area contributed by atoms with Gasteiger partial charge in [-0.1, -0.05) is 133 Å². The number of furan rings is 1. The molecule has 12 aromatic rings. The van der Waals surface area contributed by atoms with Gasteiger partial charge < -0.3 is 4.42 Å². The molecule has 250 valence electrons. The number of benzene rings is 9. The molecule has 0 spiro atoms. The molecule has 0 radical (unpaired) electrons. The maximum Gasteiger partial charge on any atom is 0.238 e. The number of hydrogen-bond acceptors (Lipinski definition) is 4. The molecule has 3 heterocycles. The summed E-state index contributed by atoms with van der Waals surface area (Å²) in [6, 6.07) is 59.8. The average molecular weight is 689 g/mol. The van der Waals surface area contributed by atoms with E-state index in [0.29, 0.717) is 17.6 Å². The Kier molecular flexibility index (Phi) is 5.99. The van der Waals surface area contributed by atoms with Crippen LogP contribution in [0.4, 0.5) is 0 Å². The number of aromatic nitrogens is 4. The van der Waals surface area contributed by atoms with E-state index in [4.69, 9.17) is 19.4 Å². The van der Waals surface area contributed by atoms with Crippen LogP contribution in [0.25, 0.3) is 116 Å². The molecule has 0 unspecified atom stereocenters. The topological polar surface area (TPSA) is 56.7 Å². The molecule has 0 aliphatic carbocycles. The first kappa shape index (κ1) is 29.2. The van der Waals surface area contributed by atoms with Crippen LogP contribution in [0.5, 0.6) is 0 Å². The van der Waals surface area contributed by atoms with Crippen LogP contribution in [0, 0.1) is 0 Å². The lowest BCUT2D eigenvalue weighted by Gasteiger charge is -2.12. The maximum atomic E-state index is 6.50. The molecular formula is C49H28N4O. The summed E-state index contributed by atoms with van der Waals surface area (Å²) in [6.07, 6.45) is 0. The Labute approximate surface area is 308 Å². The van der Waals surface area contributed by atoms with Crippen LogP contribution in [0.2, 0.25) is 0 Å². The summed E-state index contributed by atoms with van der Waals surface area (Å²) in [6.45, 7) is 0. The van der Waals surface area contributed by atoms with E-state index in [1.807, 2.05) is 12.1 Å². The number of fused-ring (bicyclic) bond motifs is 12. The summed E-state index contributed by atoms with van der Waals surface area (Å²) in [5.74, 6) is 1.75. The van der Waals surface area contributed by atoms with E-state index in [1.54, 1.807) is 0 Å². The Bertz CT molecular complexity index is 3520. The van der Waals surface area contributed by atoms with Crippen molar-refractivity contribution in [3.05, 3.63) is 170 Å². The highest BCUT2D eigenvalue weighted by Gasteiger charge is 2.21. The molecule has 0 amide bonds. The van der Waals surface area contributed by atoms with Gasteiger partial charge in [-0.25, -0.2) is 4.98 Å². The number of hydrogen-bond donors (Lipinski definition) is 0. The highest BCUT2D eigenvalue weighted by atomic mass is 16.3. The van der Waals surface area contributed by atoms with E-state index in [1.165, 1.54) is 32.3 Å². The van der Waals surface area contributed by atoms with Gasteiger partial charge in [-0.3, -0.25) is 4.57 Å². The third-order valence-corrected chi connectivity index (χ3v) is 11.0. The van der Waals surface area contributed by atoms with Crippen LogP contribution in [0.15, 0.2) is 174 Å². The number of para-hydroxylation sites is 1. The van der Waals surface area contributed by atoms with Crippen molar-refractivity contribution in [2.75, 3.05) is 0 Å². The fourth-order valence-electron chi connectivity index (χ4n) is 8.52. The summed E-state index contributed by atoms with van der Waals surface area (Å²) in [5, 5.41) is 13.8. The summed E-state index contributed by atoms with van der Waals surface area (Å²) in [4.78, 5) is 15.9. The minimum Gasteiger partial charge on any atom is -0.456 e. The van der Waals surface area contributed by atoms with Gasteiger partial charge in [0.25, 0.3) is 0 Å². The standard InChI is InChI=1S/C49H28N4O/c1-2-13-32-28-44-40(27-31(32)12-1)46-39(17-9-19-43(46)54-44)48-50-47(34-22-24-36-33(26-34)21-20-29-10-3-5-14-35(29)36)51-49(52-48)53-41-18-8-7-16-38(41)45-37-15-6-4-11-30(37)23-25-42(45)53/h1-28H. The molecule has 5 nitrogen and oxygen atoms in total. The van der Waals surface area contributed by atoms with Gasteiger partial charge in [0.2, 0.25) is 5.95 Å². The minimum absolute atomic E-state index is 0.561. The first-order valence-corrected chi connectivity index (χ1v) is 18.2. The molecule has 0 saturated heterocycles. The number of rotatable bonds is 3. The lowest BCUT2D eigenvalue weighted by Crippen LogP contribution is -2.06. The van der Waals surface area contributed by atoms with Crippen molar-refractivity contribution < 1.29 is 4.42 Å². The summed E-state index contributed by atoms with van der Waals surface area (Å²) in [7, 11) is 0. The smallest absolute Gasteiger partial charge is 0.238 e. The van der Waals surface area contributed by atoms with Crippen molar-refractivity contribution in [2.24, 2.45) is 0 Å². The van der Waals surface area contributed by atoms with E-state index in [-0.39, 0.29) is 0 Å². The van der Waals surface area contributed by atoms with Crippen molar-refractivity contribution in [2.45, 2.75) is 0 Å². The molecule has 0 atom stereocenters. The molecular weight excluding hydrogens is 661 g/mol. The number of nitrogens with zero attached hydrogens (tertiary/aromatic N) is 4. The van der Waals surface area contributed by atoms with E-state index >= 15 is 0 Å². The SMILES string of the molecule is c1ccc2cc3c(cc2c1)oc1cccc(-c2nc(-c4ccc5c(ccc6ccccc65)c4)nc(-n4c5ccccc5c5c6ccccc6ccc54)n2)c13. The summed E-state index contributed by atoms with van der Waals surface area (Å²) in [5.41, 5.74) is 5.52. The second-order valence-corrected chi connectivity index (χ2v) is 14.0. The van der Waals surface area contributed by atoms with Crippen LogP contribution >= 0.6 is 0 Å². The highest BCUT2D eigenvalue weighted by molar-refractivity contribution is 6.21. The third kappa shape index (κ3) is 4.24. The van der Waals surface area contributed by atoms with Gasteiger partial charge in [-0.05, 0) is 79.5 Å². The Morgan fingerprint density at radius 3 is 1.91 bits per heavy atom. The van der Waals surface area contributed by atoms with Crippen LogP contribution in [0.1, 0.15) is 0 Å². The fourth-order valence-corrected chi connectivity index (χ4v) is 8.52. The molecule has 9 aromatic carbocycles. The van der Waals surface area contributed by atoms with Gasteiger partial charge in [0.05, 0.1) is 11.0 Å². The van der Waals surface area contributed by atoms with E-state index in [0.717, 1.165) is 65.6 Å². The molecule has 54 heavy (non-hydrogen) atoms. The molecule has 0 fully saturated rings. The predicted octanol–water partition coefficient (Wildman–Crippen LogP) is 12.8. The summed E-state index contributed by atoms with van der Waals surface area (Å²) >= 11 is 0. The minimum atomic E-state index is 0.561. The molecule has 0 aliphatic rings. The first-order valence-electron chi connectivity index (χ1n) is 18.2. The maximum absolute atomic E-state index is 6.50. The monoisotopic (exact) mass is 688 g/mol. The van der Waals surface area contributed by atoms with Gasteiger partial charge in [0, 0.05) is 32.7 Å². The van der Waals surface area contributed by atoms with Gasteiger partial charge in [0.15, 0.2) is 11.6 Å². The second kappa shape index (κ2) is 11.1. The zero-order chi connectivity index (χ0) is 35.3. The van der Waals surface area contributed by atoms with Crippen LogP contribution in [-0.2, 0) is 0 Å². The molecule has 5 heteroatoms. The Morgan fingerprint density at radius 1 is 0.370 bits per heavy atom. The third-order valence-electron chi connectivity index (χ3n) is 11.0. The van der Waals surface area contributed by atoms with E-state index in [2.05, 4.69) is 162 Å². The van der Waals surface area contributed by atoms with Crippen LogP contribution < -0.4 is 0 Å². The average Bonchev–Trinajstić information content (AvgIpc) is 3.78. The molecule has 12 rings (SSSR count). The molecule has 0 N–H and O–H groups in total. The lowest BCUT2D eigenvalue weighted by atomic mass is 10.00. The predicted molar refractivity (Wildman–Crippen MR) is 222 cm³/mol. The Morgan fingerprint density at radius 2 is 1.04 bits per heavy atom. The van der Waals surface area contributed by atoms with Crippen molar-refractivity contribution >= 4 is 86.8 Å². The van der Waals surface area contributed by atoms with Gasteiger partial charge >= 0.3 is 0 Å². The van der Waals surface area contributed by atoms with Crippen molar-refractivity contribution in [3.8, 4) is 28.7 Å². The van der Waals surface area contributed by atoms with Crippen LogP contribution in [0.3, 0.4) is 0 Å². The molecule has 0 aliphatic heterocycles. The van der Waals surface area contributed by atoms with E-state index in [9.17, 15) is 0 Å². The second-order valence-electron chi connectivity index (χ2n) is 14.0. The molecule has 0 bridgehead atoms. The van der Waals surface area contributed by atoms with Crippen LogP contribution in [-0.4, -0.2) is 19.5 Å². The Balaban J connectivity index is 1.17. The zero-order valence-corrected chi connectivity index (χ0v) is 28.9. The van der Waals surface area contributed by atoms with Gasteiger partial charge in [-0.15, -0.1) is 0 Å². The normalized spacial score (nSPS) is 12.1.